The second-order valence-corrected chi connectivity index (χ2v) is 6.81. The maximum atomic E-state index is 12.2. The lowest BCUT2D eigenvalue weighted by Crippen LogP contribution is -2.12. The highest BCUT2D eigenvalue weighted by atomic mass is 32.2. The van der Waals surface area contributed by atoms with E-state index in [9.17, 15) is 8.42 Å². The fourth-order valence-corrected chi connectivity index (χ4v) is 3.35. The van der Waals surface area contributed by atoms with Gasteiger partial charge in [-0.2, -0.15) is 5.26 Å². The first-order valence-corrected chi connectivity index (χ1v) is 8.17. The zero-order chi connectivity index (χ0) is 15.5. The van der Waals surface area contributed by atoms with Crippen molar-refractivity contribution < 1.29 is 8.42 Å². The minimum atomic E-state index is -3.52. The van der Waals surface area contributed by atoms with Gasteiger partial charge in [0.25, 0.3) is 0 Å². The third-order valence-electron chi connectivity index (χ3n) is 3.12. The van der Waals surface area contributed by atoms with Crippen LogP contribution in [0.25, 0.3) is 11.4 Å². The van der Waals surface area contributed by atoms with Gasteiger partial charge in [0.15, 0.2) is 5.82 Å². The van der Waals surface area contributed by atoms with Crippen LogP contribution >= 0.6 is 0 Å². The van der Waals surface area contributed by atoms with E-state index in [0.29, 0.717) is 12.2 Å². The van der Waals surface area contributed by atoms with Crippen molar-refractivity contribution in [2.24, 2.45) is 7.05 Å². The molecule has 1 aromatic heterocycles. The second-order valence-electron chi connectivity index (χ2n) is 4.81. The third-order valence-corrected chi connectivity index (χ3v) is 4.86. The summed E-state index contributed by atoms with van der Waals surface area (Å²) in [5, 5.41) is 16.2. The summed E-state index contributed by atoms with van der Waals surface area (Å²) in [7, 11) is -1.89. The van der Waals surface area contributed by atoms with Crippen molar-refractivity contribution in [1.29, 1.82) is 5.26 Å². The maximum Gasteiger partial charge on any atom is 0.249 e. The number of rotatable bonds is 5. The molecular formula is C14H16N4O2S. The van der Waals surface area contributed by atoms with Gasteiger partial charge in [-0.05, 0) is 13.3 Å². The minimum absolute atomic E-state index is 0.0592. The van der Waals surface area contributed by atoms with Gasteiger partial charge >= 0.3 is 0 Å². The molecule has 0 fully saturated rings. The molecule has 21 heavy (non-hydrogen) atoms. The normalized spacial score (nSPS) is 11.3. The number of hydrogen-bond donors (Lipinski definition) is 0. The van der Waals surface area contributed by atoms with E-state index in [2.05, 4.69) is 10.2 Å². The molecule has 0 aliphatic rings. The molecule has 2 aromatic rings. The smallest absolute Gasteiger partial charge is 0.249 e. The fourth-order valence-electron chi connectivity index (χ4n) is 1.97. The van der Waals surface area contributed by atoms with E-state index in [1.54, 1.807) is 7.05 Å². The lowest BCUT2D eigenvalue weighted by Gasteiger charge is -2.05. The average Bonchev–Trinajstić information content (AvgIpc) is 2.82. The predicted octanol–water partition coefficient (Wildman–Crippen LogP) is 1.87. The summed E-state index contributed by atoms with van der Waals surface area (Å²) in [5.74, 6) is 0.411. The van der Waals surface area contributed by atoms with Crippen LogP contribution < -0.4 is 0 Å². The van der Waals surface area contributed by atoms with Gasteiger partial charge in [0.1, 0.15) is 0 Å². The molecule has 1 heterocycles. The van der Waals surface area contributed by atoms with Crippen molar-refractivity contribution in [3.05, 3.63) is 29.8 Å². The highest BCUT2D eigenvalue weighted by Crippen LogP contribution is 2.20. The fraction of sp³-hybridized carbons (Fsp3) is 0.357. The van der Waals surface area contributed by atoms with Crippen LogP contribution in [0.2, 0.25) is 0 Å². The third kappa shape index (κ3) is 3.28. The van der Waals surface area contributed by atoms with Crippen molar-refractivity contribution in [1.82, 2.24) is 14.8 Å². The molecule has 1 aromatic carbocycles. The van der Waals surface area contributed by atoms with E-state index in [1.165, 1.54) is 4.57 Å². The molecule has 0 saturated heterocycles. The Bertz CT molecular complexity index is 770. The van der Waals surface area contributed by atoms with Gasteiger partial charge in [0, 0.05) is 19.0 Å². The van der Waals surface area contributed by atoms with Crippen molar-refractivity contribution in [2.75, 3.05) is 5.75 Å². The minimum Gasteiger partial charge on any atom is -0.301 e. The molecule has 0 atom stereocenters. The Kier molecular flexibility index (Phi) is 4.38. The Morgan fingerprint density at radius 1 is 1.24 bits per heavy atom. The second kappa shape index (κ2) is 6.06. The Morgan fingerprint density at radius 2 is 1.90 bits per heavy atom. The van der Waals surface area contributed by atoms with Crippen LogP contribution in [-0.2, 0) is 16.9 Å². The molecule has 0 amide bonds. The molecule has 0 spiro atoms. The predicted molar refractivity (Wildman–Crippen MR) is 78.1 cm³/mol. The van der Waals surface area contributed by atoms with Crippen LogP contribution in [-0.4, -0.2) is 28.9 Å². The molecule has 2 rings (SSSR count). The highest BCUT2D eigenvalue weighted by molar-refractivity contribution is 7.91. The quantitative estimate of drug-likeness (QED) is 0.787. The number of benzene rings is 1. The first-order chi connectivity index (χ1) is 9.95. The molecule has 110 valence electrons. The summed E-state index contributed by atoms with van der Waals surface area (Å²) in [4.78, 5) is 0. The van der Waals surface area contributed by atoms with Gasteiger partial charge < -0.3 is 4.57 Å². The van der Waals surface area contributed by atoms with Crippen LogP contribution in [0.5, 0.6) is 0 Å². The number of unbranched alkanes of at least 4 members (excludes halogenated alkanes) is 1. The summed E-state index contributed by atoms with van der Waals surface area (Å²) < 4.78 is 25.9. The van der Waals surface area contributed by atoms with Gasteiger partial charge in [-0.15, -0.1) is 10.2 Å². The van der Waals surface area contributed by atoms with Crippen molar-refractivity contribution in [3.8, 4) is 17.5 Å². The van der Waals surface area contributed by atoms with Crippen LogP contribution in [0.15, 0.2) is 29.4 Å². The van der Waals surface area contributed by atoms with E-state index in [0.717, 1.165) is 11.1 Å². The topological polar surface area (TPSA) is 88.6 Å². The Labute approximate surface area is 124 Å². The van der Waals surface area contributed by atoms with Crippen LogP contribution in [0.3, 0.4) is 0 Å². The lowest BCUT2D eigenvalue weighted by atomic mass is 10.1. The highest BCUT2D eigenvalue weighted by Gasteiger charge is 2.23. The van der Waals surface area contributed by atoms with Crippen molar-refractivity contribution >= 4 is 9.84 Å². The first-order valence-electron chi connectivity index (χ1n) is 6.52. The number of sulfone groups is 1. The summed E-state index contributed by atoms with van der Waals surface area (Å²) in [6, 6.07) is 9.57. The first kappa shape index (κ1) is 15.2. The van der Waals surface area contributed by atoms with Gasteiger partial charge in [0.05, 0.1) is 11.8 Å². The van der Waals surface area contributed by atoms with Crippen molar-refractivity contribution in [2.45, 2.75) is 24.9 Å². The zero-order valence-electron chi connectivity index (χ0n) is 11.9. The molecule has 0 radical (unpaired) electrons. The number of nitrogens with zero attached hydrogens (tertiary/aromatic N) is 4. The van der Waals surface area contributed by atoms with Gasteiger partial charge in [-0.1, -0.05) is 29.8 Å². The largest absolute Gasteiger partial charge is 0.301 e. The maximum absolute atomic E-state index is 12.2. The van der Waals surface area contributed by atoms with E-state index in [1.807, 2.05) is 37.3 Å². The molecule has 6 nitrogen and oxygen atoms in total. The standard InChI is InChI=1S/C14H16N4O2S/c1-11-5-7-12(8-6-11)13-16-17-14(18(13)2)21(19,20)10-4-3-9-15/h5-8H,3-4,10H2,1-2H3. The monoisotopic (exact) mass is 304 g/mol. The summed E-state index contributed by atoms with van der Waals surface area (Å²) in [6.07, 6.45) is 0.507. The Balaban J connectivity index is 2.33. The average molecular weight is 304 g/mol. The van der Waals surface area contributed by atoms with E-state index in [4.69, 9.17) is 5.26 Å². The van der Waals surface area contributed by atoms with Crippen LogP contribution in [0.4, 0.5) is 0 Å². The Morgan fingerprint density at radius 3 is 2.52 bits per heavy atom. The molecule has 0 saturated carbocycles. The summed E-state index contributed by atoms with van der Waals surface area (Å²) >= 11 is 0. The van der Waals surface area contributed by atoms with E-state index < -0.39 is 9.84 Å². The zero-order valence-corrected chi connectivity index (χ0v) is 12.8. The summed E-state index contributed by atoms with van der Waals surface area (Å²) in [5.41, 5.74) is 1.93. The van der Waals surface area contributed by atoms with Gasteiger partial charge in [0.2, 0.25) is 15.0 Å². The van der Waals surface area contributed by atoms with E-state index >= 15 is 0 Å². The molecule has 0 aliphatic carbocycles. The van der Waals surface area contributed by atoms with E-state index in [-0.39, 0.29) is 17.3 Å². The number of hydrogen-bond acceptors (Lipinski definition) is 5. The summed E-state index contributed by atoms with van der Waals surface area (Å²) in [6.45, 7) is 1.98. The number of aryl methyl sites for hydroxylation is 1. The molecule has 0 unspecified atom stereocenters. The lowest BCUT2D eigenvalue weighted by molar-refractivity contribution is 0.576. The SMILES string of the molecule is Cc1ccc(-c2nnc(S(=O)(=O)CCCC#N)n2C)cc1. The van der Waals surface area contributed by atoms with Gasteiger partial charge in [-0.25, -0.2) is 8.42 Å². The Hall–Kier alpha value is -2.20. The molecule has 0 N–H and O–H groups in total. The van der Waals surface area contributed by atoms with Crippen LogP contribution in [0.1, 0.15) is 18.4 Å². The number of aromatic nitrogens is 3. The molecule has 0 aliphatic heterocycles. The van der Waals surface area contributed by atoms with Crippen molar-refractivity contribution in [3.63, 3.8) is 0 Å². The van der Waals surface area contributed by atoms with Crippen LogP contribution in [0, 0.1) is 18.3 Å². The molecule has 0 bridgehead atoms. The van der Waals surface area contributed by atoms with Gasteiger partial charge in [-0.3, -0.25) is 0 Å². The molecule has 7 heteroatoms. The molecular weight excluding hydrogens is 288 g/mol. The number of nitriles is 1.